The number of primary amides is 1. The van der Waals surface area contributed by atoms with Gasteiger partial charge in [0.2, 0.25) is 5.91 Å². The van der Waals surface area contributed by atoms with Crippen LogP contribution in [0.2, 0.25) is 0 Å². The van der Waals surface area contributed by atoms with E-state index in [1.807, 2.05) is 0 Å². The third-order valence-corrected chi connectivity index (χ3v) is 2.65. The van der Waals surface area contributed by atoms with Crippen molar-refractivity contribution >= 4 is 23.2 Å². The topological polar surface area (TPSA) is 111 Å². The Morgan fingerprint density at radius 1 is 1.15 bits per heavy atom. The van der Waals surface area contributed by atoms with Crippen LogP contribution in [-0.2, 0) is 11.2 Å². The molecule has 0 aliphatic carbocycles. The molecule has 0 atom stereocenters. The number of nitrogens with one attached hydrogen (secondary N) is 1. The first kappa shape index (κ1) is 13.5. The second-order valence-corrected chi connectivity index (χ2v) is 4.23. The Kier molecular flexibility index (Phi) is 3.95. The van der Waals surface area contributed by atoms with Crippen molar-refractivity contribution in [3.05, 3.63) is 53.9 Å². The molecule has 0 saturated heterocycles. The molecule has 0 fully saturated rings. The second-order valence-electron chi connectivity index (χ2n) is 4.23. The van der Waals surface area contributed by atoms with Gasteiger partial charge in [0.25, 0.3) is 5.91 Å². The predicted octanol–water partition coefficient (Wildman–Crippen LogP) is 0.944. The second kappa shape index (κ2) is 5.83. The van der Waals surface area contributed by atoms with Crippen molar-refractivity contribution in [2.45, 2.75) is 6.42 Å². The first-order valence-corrected chi connectivity index (χ1v) is 5.95. The summed E-state index contributed by atoms with van der Waals surface area (Å²) in [5.41, 5.74) is 12.6. The van der Waals surface area contributed by atoms with Crippen LogP contribution in [0.4, 0.5) is 11.4 Å². The van der Waals surface area contributed by atoms with Crippen LogP contribution in [0.15, 0.2) is 42.6 Å². The summed E-state index contributed by atoms with van der Waals surface area (Å²) in [5.74, 6) is -0.834. The number of amides is 2. The minimum Gasteiger partial charge on any atom is -0.397 e. The average Bonchev–Trinajstić information content (AvgIpc) is 2.41. The van der Waals surface area contributed by atoms with Gasteiger partial charge >= 0.3 is 0 Å². The van der Waals surface area contributed by atoms with Crippen molar-refractivity contribution in [2.75, 3.05) is 11.1 Å². The summed E-state index contributed by atoms with van der Waals surface area (Å²) in [6.07, 6.45) is 1.47. The number of para-hydroxylation sites is 1. The molecule has 0 aliphatic heterocycles. The number of nitrogens with zero attached hydrogens (tertiary/aromatic N) is 1. The summed E-state index contributed by atoms with van der Waals surface area (Å²) in [4.78, 5) is 27.0. The van der Waals surface area contributed by atoms with Gasteiger partial charge in [-0.15, -0.1) is 0 Å². The highest BCUT2D eigenvalue weighted by Crippen LogP contribution is 2.16. The molecule has 102 valence electrons. The van der Waals surface area contributed by atoms with E-state index in [0.29, 0.717) is 16.9 Å². The SMILES string of the molecule is NC(=O)Cc1ccccc1NC(=O)c1ccc(N)cn1. The number of carbonyl (C=O) groups is 2. The van der Waals surface area contributed by atoms with Gasteiger partial charge < -0.3 is 16.8 Å². The number of benzene rings is 1. The molecule has 20 heavy (non-hydrogen) atoms. The van der Waals surface area contributed by atoms with E-state index in [-0.39, 0.29) is 18.0 Å². The molecule has 0 radical (unpaired) electrons. The fraction of sp³-hybridized carbons (Fsp3) is 0.0714. The van der Waals surface area contributed by atoms with Crippen LogP contribution in [0.3, 0.4) is 0 Å². The Morgan fingerprint density at radius 2 is 1.90 bits per heavy atom. The summed E-state index contributed by atoms with van der Waals surface area (Å²) in [5, 5.41) is 2.70. The van der Waals surface area contributed by atoms with E-state index in [2.05, 4.69) is 10.3 Å². The van der Waals surface area contributed by atoms with Gasteiger partial charge in [-0.05, 0) is 23.8 Å². The van der Waals surface area contributed by atoms with Crippen LogP contribution in [-0.4, -0.2) is 16.8 Å². The van der Waals surface area contributed by atoms with E-state index in [4.69, 9.17) is 11.5 Å². The van der Waals surface area contributed by atoms with E-state index in [1.54, 1.807) is 30.3 Å². The molecule has 1 aromatic carbocycles. The van der Waals surface area contributed by atoms with Crippen molar-refractivity contribution in [1.29, 1.82) is 0 Å². The van der Waals surface area contributed by atoms with Gasteiger partial charge in [-0.25, -0.2) is 4.98 Å². The predicted molar refractivity (Wildman–Crippen MR) is 75.9 cm³/mol. The molecule has 2 rings (SSSR count). The number of pyridine rings is 1. The number of carbonyl (C=O) groups excluding carboxylic acids is 2. The van der Waals surface area contributed by atoms with Gasteiger partial charge in [0.05, 0.1) is 18.3 Å². The normalized spacial score (nSPS) is 10.0. The maximum Gasteiger partial charge on any atom is 0.274 e. The van der Waals surface area contributed by atoms with Crippen LogP contribution >= 0.6 is 0 Å². The van der Waals surface area contributed by atoms with E-state index >= 15 is 0 Å². The van der Waals surface area contributed by atoms with Crippen molar-refractivity contribution in [3.63, 3.8) is 0 Å². The Labute approximate surface area is 115 Å². The van der Waals surface area contributed by atoms with E-state index in [1.165, 1.54) is 12.3 Å². The number of hydrogen-bond acceptors (Lipinski definition) is 4. The molecular weight excluding hydrogens is 256 g/mol. The summed E-state index contributed by atoms with van der Waals surface area (Å²) in [6.45, 7) is 0. The lowest BCUT2D eigenvalue weighted by Gasteiger charge is -2.09. The molecule has 0 saturated carbocycles. The fourth-order valence-corrected chi connectivity index (χ4v) is 1.71. The molecule has 0 aliphatic rings. The van der Waals surface area contributed by atoms with Gasteiger partial charge in [-0.2, -0.15) is 0 Å². The van der Waals surface area contributed by atoms with Crippen molar-refractivity contribution in [3.8, 4) is 0 Å². The largest absolute Gasteiger partial charge is 0.397 e. The highest BCUT2D eigenvalue weighted by atomic mass is 16.2. The van der Waals surface area contributed by atoms with E-state index in [9.17, 15) is 9.59 Å². The fourth-order valence-electron chi connectivity index (χ4n) is 1.71. The molecule has 0 spiro atoms. The number of hydrogen-bond donors (Lipinski definition) is 3. The molecule has 2 aromatic rings. The molecule has 1 heterocycles. The molecule has 6 heteroatoms. The van der Waals surface area contributed by atoms with E-state index < -0.39 is 5.91 Å². The van der Waals surface area contributed by atoms with Gasteiger partial charge in [-0.3, -0.25) is 9.59 Å². The Bertz CT molecular complexity index is 638. The van der Waals surface area contributed by atoms with Gasteiger partial charge in [0, 0.05) is 5.69 Å². The summed E-state index contributed by atoms with van der Waals surface area (Å²) in [6, 6.07) is 10.1. The van der Waals surface area contributed by atoms with Crippen molar-refractivity contribution in [1.82, 2.24) is 4.98 Å². The molecule has 6 nitrogen and oxygen atoms in total. The molecule has 0 bridgehead atoms. The third-order valence-electron chi connectivity index (χ3n) is 2.65. The molecule has 2 amide bonds. The zero-order chi connectivity index (χ0) is 14.5. The molecule has 0 unspecified atom stereocenters. The number of aromatic nitrogens is 1. The summed E-state index contributed by atoms with van der Waals surface area (Å²) >= 11 is 0. The average molecular weight is 270 g/mol. The van der Waals surface area contributed by atoms with Gasteiger partial charge in [0.15, 0.2) is 0 Å². The number of rotatable bonds is 4. The highest BCUT2D eigenvalue weighted by molar-refractivity contribution is 6.03. The monoisotopic (exact) mass is 270 g/mol. The standard InChI is InChI=1S/C14H14N4O2/c15-10-5-6-12(17-8-10)14(20)18-11-4-2-1-3-9(11)7-13(16)19/h1-6,8H,7,15H2,(H2,16,19)(H,18,20). The van der Waals surface area contributed by atoms with Gasteiger partial charge in [0.1, 0.15) is 5.69 Å². The van der Waals surface area contributed by atoms with Crippen LogP contribution in [0.5, 0.6) is 0 Å². The summed E-state index contributed by atoms with van der Waals surface area (Å²) < 4.78 is 0. The quantitative estimate of drug-likeness (QED) is 0.767. The lowest BCUT2D eigenvalue weighted by atomic mass is 10.1. The minimum absolute atomic E-state index is 0.0611. The smallest absolute Gasteiger partial charge is 0.274 e. The third kappa shape index (κ3) is 3.32. The number of nitrogen functional groups attached to an aromatic ring is 1. The van der Waals surface area contributed by atoms with Crippen LogP contribution in [0, 0.1) is 0 Å². The lowest BCUT2D eigenvalue weighted by Crippen LogP contribution is -2.18. The Balaban J connectivity index is 2.19. The maximum atomic E-state index is 12.0. The number of anilines is 2. The van der Waals surface area contributed by atoms with Crippen LogP contribution in [0.25, 0.3) is 0 Å². The van der Waals surface area contributed by atoms with Crippen molar-refractivity contribution in [2.24, 2.45) is 5.73 Å². The van der Waals surface area contributed by atoms with Crippen LogP contribution < -0.4 is 16.8 Å². The van der Waals surface area contributed by atoms with Crippen molar-refractivity contribution < 1.29 is 9.59 Å². The molecule has 5 N–H and O–H groups in total. The Morgan fingerprint density at radius 3 is 2.55 bits per heavy atom. The minimum atomic E-state index is -0.461. The van der Waals surface area contributed by atoms with Crippen LogP contribution in [0.1, 0.15) is 16.1 Å². The zero-order valence-corrected chi connectivity index (χ0v) is 10.7. The first-order chi connectivity index (χ1) is 9.56. The molecular formula is C14H14N4O2. The summed E-state index contributed by atoms with van der Waals surface area (Å²) in [7, 11) is 0. The number of nitrogens with two attached hydrogens (primary N) is 2. The first-order valence-electron chi connectivity index (χ1n) is 5.95. The zero-order valence-electron chi connectivity index (χ0n) is 10.7. The lowest BCUT2D eigenvalue weighted by molar-refractivity contribution is -0.117. The molecule has 1 aromatic heterocycles. The Hall–Kier alpha value is -2.89. The maximum absolute atomic E-state index is 12.0. The van der Waals surface area contributed by atoms with E-state index in [0.717, 1.165) is 0 Å². The van der Waals surface area contributed by atoms with Gasteiger partial charge in [-0.1, -0.05) is 18.2 Å². The highest BCUT2D eigenvalue weighted by Gasteiger charge is 2.11.